The molecule has 0 aromatic heterocycles. The molecule has 0 aliphatic carbocycles. The third-order valence-corrected chi connectivity index (χ3v) is 2.78. The molecule has 0 bridgehead atoms. The summed E-state index contributed by atoms with van der Waals surface area (Å²) < 4.78 is 0.702. The van der Waals surface area contributed by atoms with Crippen LogP contribution in [0.1, 0.15) is 30.6 Å². The number of nitrogens with one attached hydrogen (secondary N) is 2. The second-order valence-electron chi connectivity index (χ2n) is 4.39. The van der Waals surface area contributed by atoms with E-state index in [1.54, 1.807) is 6.07 Å². The Morgan fingerprint density at radius 3 is 2.68 bits per heavy atom. The van der Waals surface area contributed by atoms with Crippen LogP contribution in [0.2, 0.25) is 0 Å². The van der Waals surface area contributed by atoms with Gasteiger partial charge in [-0.15, -0.1) is 0 Å². The molecular formula is C13H17BrN2O3. The Morgan fingerprint density at radius 2 is 2.05 bits per heavy atom. The molecule has 0 saturated heterocycles. The fourth-order valence-electron chi connectivity index (χ4n) is 1.47. The molecule has 0 radical (unpaired) electrons. The van der Waals surface area contributed by atoms with Crippen molar-refractivity contribution in [1.82, 2.24) is 10.6 Å². The highest BCUT2D eigenvalue weighted by molar-refractivity contribution is 9.10. The van der Waals surface area contributed by atoms with Crippen molar-refractivity contribution < 1.29 is 14.7 Å². The highest BCUT2D eigenvalue weighted by Crippen LogP contribution is 2.21. The van der Waals surface area contributed by atoms with Gasteiger partial charge in [0.25, 0.3) is 5.91 Å². The molecule has 0 heterocycles. The molecule has 19 heavy (non-hydrogen) atoms. The van der Waals surface area contributed by atoms with Gasteiger partial charge in [0.1, 0.15) is 5.75 Å². The van der Waals surface area contributed by atoms with E-state index in [1.165, 1.54) is 12.1 Å². The van der Waals surface area contributed by atoms with Gasteiger partial charge in [-0.3, -0.25) is 9.59 Å². The number of benzene rings is 1. The van der Waals surface area contributed by atoms with E-state index >= 15 is 0 Å². The Kier molecular flexibility index (Phi) is 5.82. The summed E-state index contributed by atoms with van der Waals surface area (Å²) in [6.45, 7) is 3.97. The molecule has 1 aromatic carbocycles. The number of carbonyl (C=O) groups is 2. The number of carbonyl (C=O) groups excluding carboxylic acids is 2. The quantitative estimate of drug-likeness (QED) is 0.771. The van der Waals surface area contributed by atoms with Crippen LogP contribution in [0.3, 0.4) is 0 Å². The summed E-state index contributed by atoms with van der Waals surface area (Å²) in [6.07, 6.45) is 0.207. The number of hydrogen-bond donors (Lipinski definition) is 3. The van der Waals surface area contributed by atoms with Crippen LogP contribution in [0.4, 0.5) is 0 Å². The van der Waals surface area contributed by atoms with Gasteiger partial charge in [0.15, 0.2) is 0 Å². The Hall–Kier alpha value is -1.56. The summed E-state index contributed by atoms with van der Waals surface area (Å²) in [5, 5.41) is 14.9. The SMILES string of the molecule is CC(C)NC(=O)CCNC(=O)c1cc(Br)ccc1O. The summed E-state index contributed by atoms with van der Waals surface area (Å²) in [5.41, 5.74) is 0.179. The number of hydrogen-bond acceptors (Lipinski definition) is 3. The minimum absolute atomic E-state index is 0.0809. The first-order valence-electron chi connectivity index (χ1n) is 5.96. The molecule has 2 amide bonds. The van der Waals surface area contributed by atoms with Crippen LogP contribution in [0.25, 0.3) is 0 Å². The maximum absolute atomic E-state index is 11.8. The largest absolute Gasteiger partial charge is 0.507 e. The average Bonchev–Trinajstić information content (AvgIpc) is 2.31. The zero-order chi connectivity index (χ0) is 14.4. The van der Waals surface area contributed by atoms with Gasteiger partial charge in [0, 0.05) is 23.5 Å². The second kappa shape index (κ2) is 7.13. The maximum Gasteiger partial charge on any atom is 0.255 e. The molecule has 104 valence electrons. The first-order chi connectivity index (χ1) is 8.90. The van der Waals surface area contributed by atoms with E-state index in [9.17, 15) is 14.7 Å². The molecule has 0 saturated carbocycles. The molecule has 0 aliphatic heterocycles. The van der Waals surface area contributed by atoms with E-state index in [-0.39, 0.29) is 36.2 Å². The van der Waals surface area contributed by atoms with E-state index in [4.69, 9.17) is 0 Å². The lowest BCUT2D eigenvalue weighted by molar-refractivity contribution is -0.121. The van der Waals surface area contributed by atoms with Crippen LogP contribution in [0.15, 0.2) is 22.7 Å². The molecule has 0 unspecified atom stereocenters. The average molecular weight is 329 g/mol. The van der Waals surface area contributed by atoms with Crippen LogP contribution in [0.5, 0.6) is 5.75 Å². The minimum atomic E-state index is -0.406. The zero-order valence-corrected chi connectivity index (χ0v) is 12.5. The summed E-state index contributed by atoms with van der Waals surface area (Å²) in [7, 11) is 0. The number of phenols is 1. The Labute approximate surface area is 120 Å². The summed E-state index contributed by atoms with van der Waals surface area (Å²) >= 11 is 3.23. The van der Waals surface area contributed by atoms with Gasteiger partial charge in [0.05, 0.1) is 5.56 Å². The molecule has 1 rings (SSSR count). The van der Waals surface area contributed by atoms with E-state index in [0.717, 1.165) is 0 Å². The van der Waals surface area contributed by atoms with E-state index < -0.39 is 5.91 Å². The monoisotopic (exact) mass is 328 g/mol. The molecule has 0 spiro atoms. The van der Waals surface area contributed by atoms with E-state index in [0.29, 0.717) is 4.47 Å². The number of rotatable bonds is 5. The Bertz CT molecular complexity index is 475. The fraction of sp³-hybridized carbons (Fsp3) is 0.385. The van der Waals surface area contributed by atoms with Gasteiger partial charge in [0.2, 0.25) is 5.91 Å². The number of aromatic hydroxyl groups is 1. The molecular weight excluding hydrogens is 312 g/mol. The molecule has 5 nitrogen and oxygen atoms in total. The molecule has 0 fully saturated rings. The van der Waals surface area contributed by atoms with Crippen LogP contribution in [-0.2, 0) is 4.79 Å². The van der Waals surface area contributed by atoms with Gasteiger partial charge >= 0.3 is 0 Å². The lowest BCUT2D eigenvalue weighted by Crippen LogP contribution is -2.34. The lowest BCUT2D eigenvalue weighted by Gasteiger charge is -2.09. The van der Waals surface area contributed by atoms with Crippen molar-refractivity contribution in [3.63, 3.8) is 0 Å². The van der Waals surface area contributed by atoms with Gasteiger partial charge in [-0.1, -0.05) is 15.9 Å². The third kappa shape index (κ3) is 5.30. The normalized spacial score (nSPS) is 10.3. The summed E-state index contributed by atoms with van der Waals surface area (Å²) in [5.74, 6) is -0.614. The third-order valence-electron chi connectivity index (χ3n) is 2.29. The molecule has 0 atom stereocenters. The Balaban J connectivity index is 2.48. The first kappa shape index (κ1) is 15.5. The van der Waals surface area contributed by atoms with E-state index in [1.807, 2.05) is 13.8 Å². The van der Waals surface area contributed by atoms with Gasteiger partial charge in [-0.2, -0.15) is 0 Å². The molecule has 0 aliphatic rings. The smallest absolute Gasteiger partial charge is 0.255 e. The topological polar surface area (TPSA) is 78.4 Å². The van der Waals surface area contributed by atoms with Crippen LogP contribution >= 0.6 is 15.9 Å². The molecule has 1 aromatic rings. The molecule has 6 heteroatoms. The van der Waals surface area contributed by atoms with Crippen LogP contribution in [-0.4, -0.2) is 29.5 Å². The van der Waals surface area contributed by atoms with Crippen molar-refractivity contribution in [3.8, 4) is 5.75 Å². The van der Waals surface area contributed by atoms with Crippen LogP contribution in [0, 0.1) is 0 Å². The van der Waals surface area contributed by atoms with Gasteiger partial charge in [-0.05, 0) is 32.0 Å². The number of phenolic OH excluding ortho intramolecular Hbond substituents is 1. The van der Waals surface area contributed by atoms with Crippen molar-refractivity contribution in [3.05, 3.63) is 28.2 Å². The van der Waals surface area contributed by atoms with Crippen molar-refractivity contribution in [2.24, 2.45) is 0 Å². The standard InChI is InChI=1S/C13H17BrN2O3/c1-8(2)16-12(18)5-6-15-13(19)10-7-9(14)3-4-11(10)17/h3-4,7-8,17H,5-6H2,1-2H3,(H,15,19)(H,16,18). The van der Waals surface area contributed by atoms with Crippen molar-refractivity contribution >= 4 is 27.7 Å². The maximum atomic E-state index is 11.8. The van der Waals surface area contributed by atoms with Crippen molar-refractivity contribution in [2.45, 2.75) is 26.3 Å². The van der Waals surface area contributed by atoms with E-state index in [2.05, 4.69) is 26.6 Å². The fourth-order valence-corrected chi connectivity index (χ4v) is 1.83. The summed E-state index contributed by atoms with van der Waals surface area (Å²) in [6, 6.07) is 4.68. The van der Waals surface area contributed by atoms with Crippen molar-refractivity contribution in [2.75, 3.05) is 6.54 Å². The zero-order valence-electron chi connectivity index (χ0n) is 10.9. The number of halogens is 1. The first-order valence-corrected chi connectivity index (χ1v) is 6.75. The Morgan fingerprint density at radius 1 is 1.37 bits per heavy atom. The van der Waals surface area contributed by atoms with Crippen molar-refractivity contribution in [1.29, 1.82) is 0 Å². The highest BCUT2D eigenvalue weighted by atomic mass is 79.9. The van der Waals surface area contributed by atoms with Gasteiger partial charge < -0.3 is 15.7 Å². The van der Waals surface area contributed by atoms with Gasteiger partial charge in [-0.25, -0.2) is 0 Å². The highest BCUT2D eigenvalue weighted by Gasteiger charge is 2.11. The number of amides is 2. The lowest BCUT2D eigenvalue weighted by atomic mass is 10.2. The minimum Gasteiger partial charge on any atom is -0.507 e. The predicted octanol–water partition coefficient (Wildman–Crippen LogP) is 1.80. The molecule has 3 N–H and O–H groups in total. The second-order valence-corrected chi connectivity index (χ2v) is 5.31. The van der Waals surface area contributed by atoms with Crippen LogP contribution < -0.4 is 10.6 Å². The predicted molar refractivity (Wildman–Crippen MR) is 76.0 cm³/mol. The summed E-state index contributed by atoms with van der Waals surface area (Å²) in [4.78, 5) is 23.2.